The number of hydrogen-bond acceptors (Lipinski definition) is 3. The van der Waals surface area contributed by atoms with Crippen molar-refractivity contribution in [2.24, 2.45) is 0 Å². The molecule has 1 aliphatic rings. The summed E-state index contributed by atoms with van der Waals surface area (Å²) < 4.78 is 7.55. The van der Waals surface area contributed by atoms with E-state index in [1.54, 1.807) is 10.9 Å². The number of aromatic nitrogens is 2. The molecule has 3 aromatic rings. The summed E-state index contributed by atoms with van der Waals surface area (Å²) in [5.41, 5.74) is 6.12. The van der Waals surface area contributed by atoms with Crippen LogP contribution in [-0.2, 0) is 24.4 Å². The van der Waals surface area contributed by atoms with Crippen LogP contribution in [0.15, 0.2) is 48.7 Å². The molecule has 1 N–H and O–H groups in total. The van der Waals surface area contributed by atoms with Crippen LogP contribution in [0.25, 0.3) is 11.3 Å². The fraction of sp³-hybridized carbons (Fsp3) is 0.238. The van der Waals surface area contributed by atoms with E-state index in [9.17, 15) is 4.79 Å². The number of nitrogens with one attached hydrogen (secondary N) is 1. The highest BCUT2D eigenvalue weighted by Crippen LogP contribution is 2.37. The van der Waals surface area contributed by atoms with Gasteiger partial charge in [-0.3, -0.25) is 9.48 Å². The summed E-state index contributed by atoms with van der Waals surface area (Å²) in [6.45, 7) is 4.78. The second-order valence-electron chi connectivity index (χ2n) is 6.57. The van der Waals surface area contributed by atoms with Crippen LogP contribution < -0.4 is 10.1 Å². The Morgan fingerprint density at radius 2 is 2.15 bits per heavy atom. The van der Waals surface area contributed by atoms with E-state index in [2.05, 4.69) is 29.5 Å². The standard InChI is InChI=1S/C21H21N3O2/c1-3-15-5-4-6-17(10-15)23-20(25)12-24-21-16(11-22-24)13-26-19-8-7-14(2)9-18(19)21/h4-11H,3,12-13H2,1-2H3,(H,23,25). The van der Waals surface area contributed by atoms with Gasteiger partial charge in [0.2, 0.25) is 5.91 Å². The number of fused-ring (bicyclic) bond motifs is 3. The van der Waals surface area contributed by atoms with Gasteiger partial charge >= 0.3 is 0 Å². The molecule has 5 nitrogen and oxygen atoms in total. The van der Waals surface area contributed by atoms with Crippen molar-refractivity contribution in [3.05, 3.63) is 65.4 Å². The molecule has 0 radical (unpaired) electrons. The fourth-order valence-electron chi connectivity index (χ4n) is 3.28. The zero-order valence-corrected chi connectivity index (χ0v) is 15.0. The lowest BCUT2D eigenvalue weighted by Gasteiger charge is -2.19. The van der Waals surface area contributed by atoms with Gasteiger partial charge in [0.1, 0.15) is 18.9 Å². The number of benzene rings is 2. The summed E-state index contributed by atoms with van der Waals surface area (Å²) >= 11 is 0. The van der Waals surface area contributed by atoms with Gasteiger partial charge < -0.3 is 10.1 Å². The fourth-order valence-corrected chi connectivity index (χ4v) is 3.28. The molecule has 2 heterocycles. The maximum absolute atomic E-state index is 12.5. The molecular weight excluding hydrogens is 326 g/mol. The number of rotatable bonds is 4. The zero-order chi connectivity index (χ0) is 18.1. The first-order chi connectivity index (χ1) is 12.6. The molecule has 26 heavy (non-hydrogen) atoms. The van der Waals surface area contributed by atoms with E-state index in [-0.39, 0.29) is 12.5 Å². The van der Waals surface area contributed by atoms with Gasteiger partial charge in [-0.05, 0) is 43.2 Å². The van der Waals surface area contributed by atoms with Crippen LogP contribution >= 0.6 is 0 Å². The van der Waals surface area contributed by atoms with Crippen LogP contribution in [0.3, 0.4) is 0 Å². The monoisotopic (exact) mass is 347 g/mol. The SMILES string of the molecule is CCc1cccc(NC(=O)Cn2ncc3c2-c2cc(C)ccc2OC3)c1. The number of carbonyl (C=O) groups is 1. The van der Waals surface area contributed by atoms with E-state index < -0.39 is 0 Å². The van der Waals surface area contributed by atoms with E-state index in [1.807, 2.05) is 37.3 Å². The quantitative estimate of drug-likeness (QED) is 0.777. The Labute approximate surface area is 152 Å². The highest BCUT2D eigenvalue weighted by Gasteiger charge is 2.23. The highest BCUT2D eigenvalue weighted by molar-refractivity contribution is 5.91. The second kappa shape index (κ2) is 6.67. The lowest BCUT2D eigenvalue weighted by molar-refractivity contribution is -0.116. The molecule has 0 saturated carbocycles. The number of ether oxygens (including phenoxy) is 1. The van der Waals surface area contributed by atoms with Gasteiger partial charge in [0, 0.05) is 16.8 Å². The van der Waals surface area contributed by atoms with E-state index >= 15 is 0 Å². The summed E-state index contributed by atoms with van der Waals surface area (Å²) in [4.78, 5) is 12.5. The van der Waals surface area contributed by atoms with Gasteiger partial charge in [0.15, 0.2) is 0 Å². The number of amides is 1. The maximum Gasteiger partial charge on any atom is 0.246 e. The van der Waals surface area contributed by atoms with E-state index in [0.29, 0.717) is 6.61 Å². The van der Waals surface area contributed by atoms with Crippen LogP contribution in [0.1, 0.15) is 23.6 Å². The van der Waals surface area contributed by atoms with Crippen LogP contribution in [0.4, 0.5) is 5.69 Å². The van der Waals surface area contributed by atoms with Gasteiger partial charge in [-0.15, -0.1) is 0 Å². The Hall–Kier alpha value is -3.08. The van der Waals surface area contributed by atoms with Crippen molar-refractivity contribution in [1.29, 1.82) is 0 Å². The van der Waals surface area contributed by atoms with Crippen molar-refractivity contribution >= 4 is 11.6 Å². The average Bonchev–Trinajstić information content (AvgIpc) is 3.05. The summed E-state index contributed by atoms with van der Waals surface area (Å²) in [5, 5.41) is 7.38. The van der Waals surface area contributed by atoms with Crippen LogP contribution in [0.2, 0.25) is 0 Å². The third-order valence-corrected chi connectivity index (χ3v) is 4.60. The number of aryl methyl sites for hydroxylation is 2. The molecule has 0 unspecified atom stereocenters. The van der Waals surface area contributed by atoms with Crippen molar-refractivity contribution in [3.63, 3.8) is 0 Å². The summed E-state index contributed by atoms with van der Waals surface area (Å²) in [6, 6.07) is 14.0. The Bertz CT molecular complexity index is 975. The van der Waals surface area contributed by atoms with Gasteiger partial charge in [-0.25, -0.2) is 0 Å². The summed E-state index contributed by atoms with van der Waals surface area (Å²) in [6.07, 6.45) is 2.72. The topological polar surface area (TPSA) is 56.2 Å². The van der Waals surface area contributed by atoms with Crippen LogP contribution in [-0.4, -0.2) is 15.7 Å². The Kier molecular flexibility index (Phi) is 4.21. The van der Waals surface area contributed by atoms with Crippen molar-refractivity contribution in [2.75, 3.05) is 5.32 Å². The van der Waals surface area contributed by atoms with Gasteiger partial charge in [0.25, 0.3) is 0 Å². The second-order valence-corrected chi connectivity index (χ2v) is 6.57. The van der Waals surface area contributed by atoms with Crippen LogP contribution in [0.5, 0.6) is 5.75 Å². The van der Waals surface area contributed by atoms with Crippen molar-refractivity contribution in [1.82, 2.24) is 9.78 Å². The van der Waals surface area contributed by atoms with Gasteiger partial charge in [0.05, 0.1) is 11.9 Å². The molecule has 0 aliphatic carbocycles. The maximum atomic E-state index is 12.5. The first-order valence-corrected chi connectivity index (χ1v) is 8.81. The lowest BCUT2D eigenvalue weighted by Crippen LogP contribution is -2.21. The van der Waals surface area contributed by atoms with Crippen molar-refractivity contribution in [3.8, 4) is 17.0 Å². The smallest absolute Gasteiger partial charge is 0.246 e. The molecule has 0 atom stereocenters. The Balaban J connectivity index is 1.58. The van der Waals surface area contributed by atoms with Crippen molar-refractivity contribution < 1.29 is 9.53 Å². The van der Waals surface area contributed by atoms with Gasteiger partial charge in [-0.2, -0.15) is 5.10 Å². The largest absolute Gasteiger partial charge is 0.488 e. The minimum Gasteiger partial charge on any atom is -0.488 e. The normalized spacial score (nSPS) is 12.1. The predicted molar refractivity (Wildman–Crippen MR) is 101 cm³/mol. The molecule has 2 aromatic carbocycles. The number of nitrogens with zero attached hydrogens (tertiary/aromatic N) is 2. The minimum atomic E-state index is -0.0927. The predicted octanol–water partition coefficient (Wildman–Crippen LogP) is 3.95. The third kappa shape index (κ3) is 3.08. The van der Waals surface area contributed by atoms with E-state index in [1.165, 1.54) is 5.56 Å². The van der Waals surface area contributed by atoms with E-state index in [4.69, 9.17) is 4.74 Å². The molecule has 132 valence electrons. The van der Waals surface area contributed by atoms with Crippen molar-refractivity contribution in [2.45, 2.75) is 33.4 Å². The molecule has 0 bridgehead atoms. The summed E-state index contributed by atoms with van der Waals surface area (Å²) in [5.74, 6) is 0.741. The molecule has 1 amide bonds. The number of carbonyl (C=O) groups excluding carboxylic acids is 1. The lowest BCUT2D eigenvalue weighted by atomic mass is 10.0. The molecule has 4 rings (SSSR count). The minimum absolute atomic E-state index is 0.0927. The highest BCUT2D eigenvalue weighted by atomic mass is 16.5. The Morgan fingerprint density at radius 3 is 3.00 bits per heavy atom. The van der Waals surface area contributed by atoms with E-state index in [0.717, 1.165) is 40.2 Å². The number of hydrogen-bond donors (Lipinski definition) is 1. The Morgan fingerprint density at radius 1 is 1.27 bits per heavy atom. The summed E-state index contributed by atoms with van der Waals surface area (Å²) in [7, 11) is 0. The molecule has 0 spiro atoms. The molecule has 5 heteroatoms. The average molecular weight is 347 g/mol. The first-order valence-electron chi connectivity index (χ1n) is 8.81. The molecule has 1 aromatic heterocycles. The number of anilines is 1. The van der Waals surface area contributed by atoms with Crippen LogP contribution in [0, 0.1) is 6.92 Å². The molecular formula is C21H21N3O2. The molecule has 0 fully saturated rings. The third-order valence-electron chi connectivity index (χ3n) is 4.60. The van der Waals surface area contributed by atoms with Gasteiger partial charge in [-0.1, -0.05) is 30.7 Å². The zero-order valence-electron chi connectivity index (χ0n) is 15.0. The first kappa shape index (κ1) is 16.4. The molecule has 0 saturated heterocycles. The molecule has 1 aliphatic heterocycles.